The summed E-state index contributed by atoms with van der Waals surface area (Å²) in [5, 5.41) is 8.86. The van der Waals surface area contributed by atoms with Crippen LogP contribution in [0.2, 0.25) is 16.6 Å². The van der Waals surface area contributed by atoms with E-state index in [2.05, 4.69) is 75.3 Å². The first-order chi connectivity index (χ1) is 25.7. The van der Waals surface area contributed by atoms with E-state index >= 15 is 0 Å². The van der Waals surface area contributed by atoms with Crippen LogP contribution in [0.4, 0.5) is 4.79 Å². The Labute approximate surface area is 323 Å². The summed E-state index contributed by atoms with van der Waals surface area (Å²) in [5.74, 6) is -0.189. The van der Waals surface area contributed by atoms with Gasteiger partial charge in [-0.2, -0.15) is 0 Å². The van der Waals surface area contributed by atoms with E-state index in [0.29, 0.717) is 53.8 Å². The minimum absolute atomic E-state index is 0.0996. The Kier molecular flexibility index (Phi) is 23.0. The van der Waals surface area contributed by atoms with Gasteiger partial charge in [-0.1, -0.05) is 89.7 Å². The van der Waals surface area contributed by atoms with Gasteiger partial charge in [-0.15, -0.1) is 0 Å². The third kappa shape index (κ3) is 17.0. The van der Waals surface area contributed by atoms with Crippen molar-refractivity contribution in [2.24, 2.45) is 5.16 Å². The minimum Gasteiger partial charge on any atom is -0.492 e. The van der Waals surface area contributed by atoms with Crippen molar-refractivity contribution in [3.63, 3.8) is 0 Å². The fourth-order valence-corrected chi connectivity index (χ4v) is 11.6. The van der Waals surface area contributed by atoms with Crippen molar-refractivity contribution in [1.29, 1.82) is 0 Å². The van der Waals surface area contributed by atoms with Gasteiger partial charge >= 0.3 is 12.1 Å². The molecule has 0 saturated heterocycles. The van der Waals surface area contributed by atoms with E-state index in [1.165, 1.54) is 37.8 Å². The minimum atomic E-state index is -2.18. The molecule has 0 aliphatic rings. The number of hydrogen-bond acceptors (Lipinski definition) is 10. The smallest absolute Gasteiger partial charge is 0.407 e. The van der Waals surface area contributed by atoms with Crippen molar-refractivity contribution in [2.75, 3.05) is 40.1 Å². The second kappa shape index (κ2) is 26.2. The maximum absolute atomic E-state index is 14.2. The Morgan fingerprint density at radius 2 is 1.63 bits per heavy atom. The highest BCUT2D eigenvalue weighted by atomic mass is 28.4. The van der Waals surface area contributed by atoms with Crippen LogP contribution in [0.15, 0.2) is 78.7 Å². The molecule has 0 aliphatic carbocycles. The van der Waals surface area contributed by atoms with Gasteiger partial charge in [0.05, 0.1) is 12.8 Å². The molecule has 0 saturated carbocycles. The summed E-state index contributed by atoms with van der Waals surface area (Å²) in [5.41, 5.74) is 3.14. The highest BCUT2D eigenvalue weighted by Crippen LogP contribution is 2.42. The summed E-state index contributed by atoms with van der Waals surface area (Å²) >= 11 is 0. The van der Waals surface area contributed by atoms with Crippen LogP contribution in [0.25, 0.3) is 0 Å². The number of carbonyl (C=O) groups excluding carboxylic acids is 3. The summed E-state index contributed by atoms with van der Waals surface area (Å²) in [7, 11) is -0.771. The molecule has 300 valence electrons. The monoisotopic (exact) mass is 769 g/mol. The molecule has 54 heavy (non-hydrogen) atoms. The van der Waals surface area contributed by atoms with Crippen LogP contribution in [0.1, 0.15) is 84.2 Å². The lowest BCUT2D eigenvalue weighted by molar-refractivity contribution is -0.115. The molecule has 0 unspecified atom stereocenters. The number of hydrogen-bond donors (Lipinski definition) is 2. The van der Waals surface area contributed by atoms with Crippen molar-refractivity contribution in [1.82, 2.24) is 10.6 Å². The molecule has 1 aromatic rings. The molecule has 2 N–H and O–H groups in total. The Morgan fingerprint density at radius 3 is 2.24 bits per heavy atom. The number of ether oxygens (including phenoxy) is 4. The van der Waals surface area contributed by atoms with Gasteiger partial charge < -0.3 is 38.8 Å². The van der Waals surface area contributed by atoms with Crippen LogP contribution in [0.5, 0.6) is 11.5 Å². The van der Waals surface area contributed by atoms with Gasteiger partial charge in [-0.3, -0.25) is 4.79 Å². The van der Waals surface area contributed by atoms with Gasteiger partial charge in [0.2, 0.25) is 5.91 Å². The molecule has 1 atom stereocenters. The first-order valence-electron chi connectivity index (χ1n) is 18.4. The average Bonchev–Trinajstić information content (AvgIpc) is 3.11. The van der Waals surface area contributed by atoms with E-state index in [1.54, 1.807) is 24.3 Å². The molecule has 2 amide bonds. The largest absolute Gasteiger partial charge is 0.492 e. The van der Waals surface area contributed by atoms with Crippen LogP contribution in [0, 0.1) is 0 Å². The highest BCUT2D eigenvalue weighted by molar-refractivity contribution is 6.77. The van der Waals surface area contributed by atoms with Crippen LogP contribution >= 0.6 is 0 Å². The maximum atomic E-state index is 14.2. The standard InChI is InChI=1S/C41H63N3O9Si/c1-12-24-50-37-29-36(49-27-23-43-41(47)51-25-13-2)28-34(19-18-30(3)4)39(37)40(46)53-35(16-14-21-42-38(45)17-15-22-44-48-11)20-26-52-54(31(5)6,32(7)8)33(9)10/h12-15,17-18,21-22,28-29,31-33,35H,1-2,16,19-20,23-27H2,3-11H3,(H,42,45)(H,43,47)/b17-15+,21-14+,44-22+/t35-/m0/s1. The van der Waals surface area contributed by atoms with Gasteiger partial charge in [0, 0.05) is 37.8 Å². The van der Waals surface area contributed by atoms with Gasteiger partial charge in [-0.05, 0) is 54.6 Å². The van der Waals surface area contributed by atoms with Crippen molar-refractivity contribution in [3.8, 4) is 11.5 Å². The van der Waals surface area contributed by atoms with Crippen molar-refractivity contribution in [3.05, 3.63) is 84.6 Å². The zero-order valence-corrected chi connectivity index (χ0v) is 34.8. The summed E-state index contributed by atoms with van der Waals surface area (Å²) in [4.78, 5) is 42.8. The number of oxime groups is 1. The van der Waals surface area contributed by atoms with Gasteiger partial charge in [-0.25, -0.2) is 9.59 Å². The number of alkyl carbamates (subject to hydrolysis) is 1. The van der Waals surface area contributed by atoms with E-state index in [1.807, 2.05) is 19.9 Å². The summed E-state index contributed by atoms with van der Waals surface area (Å²) in [6, 6.07) is 3.41. The molecular formula is C41H63N3O9Si. The summed E-state index contributed by atoms with van der Waals surface area (Å²) in [6.07, 6.45) is 12.5. The van der Waals surface area contributed by atoms with Crippen LogP contribution < -0.4 is 20.1 Å². The SMILES string of the molecule is C=CCOC(=O)NCCOc1cc(CC=C(C)C)c(C(=O)O[C@@H](C/C=C/NC(=O)/C=C/C=N/OC)CCO[Si](C(C)C)(C(C)C)C(C)C)c(OCC=C)c1. The van der Waals surface area contributed by atoms with E-state index < -0.39 is 26.5 Å². The quantitative estimate of drug-likeness (QED) is 0.0181. The molecule has 0 fully saturated rings. The number of carbonyl (C=O) groups is 3. The fraction of sp³-hybridized carbons (Fsp3) is 0.512. The topological polar surface area (TPSA) is 143 Å². The maximum Gasteiger partial charge on any atom is 0.407 e. The van der Waals surface area contributed by atoms with Crippen molar-refractivity contribution < 1.29 is 42.6 Å². The summed E-state index contributed by atoms with van der Waals surface area (Å²) in [6.45, 7) is 25.6. The molecule has 0 aliphatic heterocycles. The van der Waals surface area contributed by atoms with Crippen molar-refractivity contribution >= 4 is 32.5 Å². The predicted molar refractivity (Wildman–Crippen MR) is 218 cm³/mol. The molecule has 1 aromatic carbocycles. The second-order valence-corrected chi connectivity index (χ2v) is 19.1. The average molecular weight is 770 g/mol. The zero-order chi connectivity index (χ0) is 40.5. The Morgan fingerprint density at radius 1 is 0.944 bits per heavy atom. The molecule has 13 heteroatoms. The van der Waals surface area contributed by atoms with Gasteiger partial charge in [0.25, 0.3) is 0 Å². The molecule has 0 heterocycles. The molecule has 0 bridgehead atoms. The van der Waals surface area contributed by atoms with Gasteiger partial charge in [0.15, 0.2) is 8.32 Å². The van der Waals surface area contributed by atoms with Gasteiger partial charge in [0.1, 0.15) is 50.1 Å². The molecule has 0 aromatic heterocycles. The van der Waals surface area contributed by atoms with Crippen molar-refractivity contribution in [2.45, 2.75) is 97.4 Å². The normalized spacial score (nSPS) is 12.3. The first-order valence-corrected chi connectivity index (χ1v) is 20.6. The Hall–Kier alpha value is -4.62. The second-order valence-electron chi connectivity index (χ2n) is 13.6. The van der Waals surface area contributed by atoms with E-state index in [0.717, 1.165) is 5.57 Å². The molecule has 12 nitrogen and oxygen atoms in total. The first kappa shape index (κ1) is 47.4. The number of allylic oxidation sites excluding steroid dienone is 3. The molecule has 0 spiro atoms. The summed E-state index contributed by atoms with van der Waals surface area (Å²) < 4.78 is 30.0. The molecular weight excluding hydrogens is 707 g/mol. The zero-order valence-electron chi connectivity index (χ0n) is 33.8. The third-order valence-electron chi connectivity index (χ3n) is 8.44. The number of amides is 2. The lowest BCUT2D eigenvalue weighted by Gasteiger charge is -2.42. The number of nitrogens with one attached hydrogen (secondary N) is 2. The predicted octanol–water partition coefficient (Wildman–Crippen LogP) is 8.37. The number of esters is 1. The van der Waals surface area contributed by atoms with Crippen LogP contribution in [0.3, 0.4) is 0 Å². The van der Waals surface area contributed by atoms with E-state index in [4.69, 9.17) is 23.4 Å². The van der Waals surface area contributed by atoms with E-state index in [-0.39, 0.29) is 43.6 Å². The highest BCUT2D eigenvalue weighted by Gasteiger charge is 2.45. The van der Waals surface area contributed by atoms with Crippen LogP contribution in [-0.4, -0.2) is 78.7 Å². The van der Waals surface area contributed by atoms with E-state index in [9.17, 15) is 14.4 Å². The lowest BCUT2D eigenvalue weighted by Crippen LogP contribution is -2.48. The lowest BCUT2D eigenvalue weighted by atomic mass is 10.0. The fourth-order valence-electron chi connectivity index (χ4n) is 6.14. The Bertz CT molecular complexity index is 1440. The Balaban J connectivity index is 3.46. The molecule has 1 rings (SSSR count). The third-order valence-corrected chi connectivity index (χ3v) is 14.6. The number of rotatable bonds is 26. The van der Waals surface area contributed by atoms with Crippen LogP contribution in [-0.2, 0) is 30.0 Å². The number of nitrogens with zero attached hydrogens (tertiary/aromatic N) is 1. The molecule has 0 radical (unpaired) electrons. The number of benzene rings is 1.